The molecule has 2 aromatic heterocycles. The maximum atomic E-state index is 13.0. The molecule has 1 saturated carbocycles. The number of hydrogen-bond acceptors (Lipinski definition) is 3. The predicted octanol–water partition coefficient (Wildman–Crippen LogP) is 2.98. The molecule has 3 aromatic rings. The van der Waals surface area contributed by atoms with E-state index in [-0.39, 0.29) is 17.5 Å². The third-order valence-corrected chi connectivity index (χ3v) is 5.60. The minimum absolute atomic E-state index is 0.0889. The van der Waals surface area contributed by atoms with E-state index < -0.39 is 0 Å². The van der Waals surface area contributed by atoms with Crippen molar-refractivity contribution < 1.29 is 4.79 Å². The van der Waals surface area contributed by atoms with Crippen LogP contribution in [-0.4, -0.2) is 31.4 Å². The van der Waals surface area contributed by atoms with E-state index in [0.717, 1.165) is 36.9 Å². The number of H-pyrrole nitrogens is 1. The highest BCUT2D eigenvalue weighted by atomic mass is 16.2. The second-order valence-electron chi connectivity index (χ2n) is 7.20. The second-order valence-corrected chi connectivity index (χ2v) is 7.20. The normalized spacial score (nSPS) is 17.8. The molecule has 1 fully saturated rings. The number of fused-ring (bicyclic) bond motifs is 2. The molecule has 1 aliphatic carbocycles. The summed E-state index contributed by atoms with van der Waals surface area (Å²) >= 11 is 0. The van der Waals surface area contributed by atoms with E-state index in [9.17, 15) is 9.59 Å². The number of nitrogens with one attached hydrogen (secondary N) is 1. The molecular formula is C20H20N4O2. The number of benzene rings is 1. The van der Waals surface area contributed by atoms with Crippen LogP contribution in [0.4, 0.5) is 0 Å². The Morgan fingerprint density at radius 1 is 1.04 bits per heavy atom. The van der Waals surface area contributed by atoms with Crippen molar-refractivity contribution in [2.45, 2.75) is 44.7 Å². The number of nitrogens with zero attached hydrogens (tertiary/aromatic N) is 3. The van der Waals surface area contributed by atoms with Gasteiger partial charge in [-0.05, 0) is 18.4 Å². The number of hydrogen-bond donors (Lipinski definition) is 1. The average Bonchev–Trinajstić information content (AvgIpc) is 3.26. The molecule has 5 rings (SSSR count). The van der Waals surface area contributed by atoms with Gasteiger partial charge in [-0.1, -0.05) is 49.6 Å². The van der Waals surface area contributed by atoms with Gasteiger partial charge in [0, 0.05) is 12.1 Å². The minimum Gasteiger partial charge on any atom is -0.330 e. The molecule has 1 amide bonds. The van der Waals surface area contributed by atoms with Gasteiger partial charge in [0.2, 0.25) is 0 Å². The first kappa shape index (κ1) is 15.4. The SMILES string of the molecule is O=C1c2nc3cc(-c4ccccc4)[nH]n3c(=O)c2CN1C1CCCCC1. The Kier molecular flexibility index (Phi) is 3.45. The largest absolute Gasteiger partial charge is 0.330 e. The van der Waals surface area contributed by atoms with Gasteiger partial charge in [0.1, 0.15) is 5.69 Å². The molecular weight excluding hydrogens is 328 g/mol. The third kappa shape index (κ3) is 2.29. The lowest BCUT2D eigenvalue weighted by Crippen LogP contribution is -2.37. The third-order valence-electron chi connectivity index (χ3n) is 5.60. The minimum atomic E-state index is -0.168. The van der Waals surface area contributed by atoms with Crippen LogP contribution in [0.3, 0.4) is 0 Å². The van der Waals surface area contributed by atoms with E-state index in [1.807, 2.05) is 41.3 Å². The van der Waals surface area contributed by atoms with Crippen LogP contribution in [-0.2, 0) is 6.54 Å². The van der Waals surface area contributed by atoms with Crippen molar-refractivity contribution in [1.29, 1.82) is 0 Å². The number of carbonyl (C=O) groups is 1. The van der Waals surface area contributed by atoms with Crippen LogP contribution >= 0.6 is 0 Å². The van der Waals surface area contributed by atoms with Crippen molar-refractivity contribution in [2.24, 2.45) is 0 Å². The smallest absolute Gasteiger partial charge is 0.278 e. The highest BCUT2D eigenvalue weighted by Gasteiger charge is 2.37. The summed E-state index contributed by atoms with van der Waals surface area (Å²) in [6.07, 6.45) is 5.59. The molecule has 1 aliphatic heterocycles. The summed E-state index contributed by atoms with van der Waals surface area (Å²) < 4.78 is 1.46. The van der Waals surface area contributed by atoms with Crippen LogP contribution in [0, 0.1) is 0 Å². The van der Waals surface area contributed by atoms with Crippen LogP contribution in [0.2, 0.25) is 0 Å². The standard InChI is InChI=1S/C20H20N4O2/c25-19-15-12-23(14-9-5-2-6-10-14)20(26)18(15)21-17-11-16(22-24(17)19)13-7-3-1-4-8-13/h1,3-4,7-8,11,14,22H,2,5-6,9-10,12H2. The molecule has 0 bridgehead atoms. The Morgan fingerprint density at radius 3 is 2.58 bits per heavy atom. The lowest BCUT2D eigenvalue weighted by Gasteiger charge is -2.30. The Labute approximate surface area is 150 Å². The molecule has 3 heterocycles. The van der Waals surface area contributed by atoms with Gasteiger partial charge in [-0.15, -0.1) is 0 Å². The summed E-state index contributed by atoms with van der Waals surface area (Å²) in [4.78, 5) is 32.2. The van der Waals surface area contributed by atoms with Gasteiger partial charge in [-0.25, -0.2) is 9.50 Å². The highest BCUT2D eigenvalue weighted by molar-refractivity contribution is 5.97. The monoisotopic (exact) mass is 348 g/mol. The lowest BCUT2D eigenvalue weighted by atomic mass is 9.94. The van der Waals surface area contributed by atoms with Gasteiger partial charge in [-0.3, -0.25) is 14.7 Å². The zero-order valence-corrected chi connectivity index (χ0v) is 14.4. The van der Waals surface area contributed by atoms with Gasteiger partial charge < -0.3 is 4.90 Å². The highest BCUT2D eigenvalue weighted by Crippen LogP contribution is 2.29. The molecule has 2 aliphatic rings. The molecule has 0 unspecified atom stereocenters. The van der Waals surface area contributed by atoms with Crippen molar-refractivity contribution in [3.63, 3.8) is 0 Å². The maximum absolute atomic E-state index is 13.0. The molecule has 0 radical (unpaired) electrons. The van der Waals surface area contributed by atoms with Crippen molar-refractivity contribution in [3.05, 3.63) is 58.0 Å². The fourth-order valence-electron chi connectivity index (χ4n) is 4.21. The molecule has 0 atom stereocenters. The zero-order valence-electron chi connectivity index (χ0n) is 14.4. The quantitative estimate of drug-likeness (QED) is 0.774. The molecule has 1 aromatic carbocycles. The molecule has 0 spiro atoms. The first-order chi connectivity index (χ1) is 12.7. The number of rotatable bonds is 2. The first-order valence-electron chi connectivity index (χ1n) is 9.23. The summed E-state index contributed by atoms with van der Waals surface area (Å²) in [6, 6.07) is 11.9. The zero-order chi connectivity index (χ0) is 17.7. The fraction of sp³-hybridized carbons (Fsp3) is 0.350. The number of carbonyl (C=O) groups excluding carboxylic acids is 1. The summed E-state index contributed by atoms with van der Waals surface area (Å²) in [5.41, 5.74) is 2.96. The van der Waals surface area contributed by atoms with Gasteiger partial charge in [0.25, 0.3) is 11.5 Å². The van der Waals surface area contributed by atoms with E-state index in [2.05, 4.69) is 10.1 Å². The molecule has 1 N–H and O–H groups in total. The molecule has 6 heteroatoms. The topological polar surface area (TPSA) is 70.5 Å². The van der Waals surface area contributed by atoms with Gasteiger partial charge in [-0.2, -0.15) is 0 Å². The maximum Gasteiger partial charge on any atom is 0.278 e. The number of aromatic amines is 1. The average molecular weight is 348 g/mol. The van der Waals surface area contributed by atoms with Crippen molar-refractivity contribution in [3.8, 4) is 11.3 Å². The summed E-state index contributed by atoms with van der Waals surface area (Å²) in [5.74, 6) is -0.0889. The predicted molar refractivity (Wildman–Crippen MR) is 98.0 cm³/mol. The van der Waals surface area contributed by atoms with E-state index in [1.54, 1.807) is 0 Å². The van der Waals surface area contributed by atoms with E-state index >= 15 is 0 Å². The molecule has 26 heavy (non-hydrogen) atoms. The summed E-state index contributed by atoms with van der Waals surface area (Å²) in [7, 11) is 0. The van der Waals surface area contributed by atoms with Crippen molar-refractivity contribution in [2.75, 3.05) is 0 Å². The molecule has 132 valence electrons. The summed E-state index contributed by atoms with van der Waals surface area (Å²) in [5, 5.41) is 3.13. The van der Waals surface area contributed by atoms with Crippen LogP contribution in [0.25, 0.3) is 16.9 Å². The van der Waals surface area contributed by atoms with E-state index in [0.29, 0.717) is 23.4 Å². The van der Waals surface area contributed by atoms with Crippen LogP contribution in [0.15, 0.2) is 41.2 Å². The Balaban J connectivity index is 1.57. The molecule has 0 saturated heterocycles. The Bertz CT molecular complexity index is 1040. The van der Waals surface area contributed by atoms with Gasteiger partial charge in [0.05, 0.1) is 17.8 Å². The van der Waals surface area contributed by atoms with Gasteiger partial charge in [0.15, 0.2) is 5.65 Å². The Morgan fingerprint density at radius 2 is 1.81 bits per heavy atom. The second kappa shape index (κ2) is 5.83. The van der Waals surface area contributed by atoms with Crippen molar-refractivity contribution >= 4 is 11.6 Å². The van der Waals surface area contributed by atoms with E-state index in [4.69, 9.17) is 0 Å². The van der Waals surface area contributed by atoms with Crippen LogP contribution in [0.1, 0.15) is 48.2 Å². The van der Waals surface area contributed by atoms with Gasteiger partial charge >= 0.3 is 0 Å². The number of aromatic nitrogens is 3. The lowest BCUT2D eigenvalue weighted by molar-refractivity contribution is 0.0656. The number of amides is 1. The van der Waals surface area contributed by atoms with E-state index in [1.165, 1.54) is 10.9 Å². The summed E-state index contributed by atoms with van der Waals surface area (Å²) in [6.45, 7) is 0.382. The Hall–Kier alpha value is -2.89. The fourth-order valence-corrected chi connectivity index (χ4v) is 4.21. The molecule has 6 nitrogen and oxygen atoms in total. The van der Waals surface area contributed by atoms with Crippen LogP contribution in [0.5, 0.6) is 0 Å². The van der Waals surface area contributed by atoms with Crippen LogP contribution < -0.4 is 5.56 Å². The van der Waals surface area contributed by atoms with Crippen molar-refractivity contribution in [1.82, 2.24) is 19.5 Å². The first-order valence-corrected chi connectivity index (χ1v) is 9.23.